The van der Waals surface area contributed by atoms with Gasteiger partial charge in [0.2, 0.25) is 15.9 Å². The van der Waals surface area contributed by atoms with Gasteiger partial charge < -0.3 is 10.6 Å². The maximum atomic E-state index is 11.6. The second-order valence-corrected chi connectivity index (χ2v) is 6.29. The van der Waals surface area contributed by atoms with Crippen LogP contribution in [0, 0.1) is 0 Å². The third-order valence-electron chi connectivity index (χ3n) is 2.45. The van der Waals surface area contributed by atoms with E-state index in [1.807, 2.05) is 0 Å². The maximum Gasteiger partial charge on any atom is 0.223 e. The highest BCUT2D eigenvalue weighted by molar-refractivity contribution is 7.92. The number of nitrogens with two attached hydrogens (primary N) is 1. The summed E-state index contributed by atoms with van der Waals surface area (Å²) in [4.78, 5) is 13.3. The zero-order valence-electron chi connectivity index (χ0n) is 9.52. The fourth-order valence-corrected chi connectivity index (χ4v) is 3.03. The predicted molar refractivity (Wildman–Crippen MR) is 69.0 cm³/mol. The van der Waals surface area contributed by atoms with Crippen molar-refractivity contribution in [1.82, 2.24) is 9.62 Å². The first kappa shape index (κ1) is 14.3. The number of hydrogen-bond acceptors (Lipinski definition) is 4. The van der Waals surface area contributed by atoms with Crippen LogP contribution >= 0.6 is 12.2 Å². The minimum Gasteiger partial charge on any atom is -0.392 e. The first-order valence-electron chi connectivity index (χ1n) is 5.44. The van der Waals surface area contributed by atoms with Gasteiger partial charge in [0.1, 0.15) is 5.75 Å². The molecule has 0 saturated carbocycles. The Kier molecular flexibility index (Phi) is 5.29. The number of amides is 1. The van der Waals surface area contributed by atoms with Crippen molar-refractivity contribution in [2.75, 3.05) is 25.4 Å². The summed E-state index contributed by atoms with van der Waals surface area (Å²) in [6.07, 6.45) is 2.23. The van der Waals surface area contributed by atoms with Crippen molar-refractivity contribution in [3.63, 3.8) is 0 Å². The molecule has 0 aromatic carbocycles. The molecule has 98 valence electrons. The van der Waals surface area contributed by atoms with Gasteiger partial charge in [0.05, 0.1) is 4.99 Å². The molecule has 3 N–H and O–H groups in total. The fraction of sp³-hybridized carbons (Fsp3) is 0.778. The number of carbonyl (C=O) groups is 1. The summed E-state index contributed by atoms with van der Waals surface area (Å²) in [6.45, 7) is 1.65. The normalized spacial score (nSPS) is 16.1. The molecule has 1 aliphatic heterocycles. The molecule has 0 radical (unpaired) electrons. The third-order valence-corrected chi connectivity index (χ3v) is 4.11. The van der Waals surface area contributed by atoms with E-state index in [0.29, 0.717) is 0 Å². The Labute approximate surface area is 107 Å². The number of thiocarbonyl (C=S) groups is 1. The quantitative estimate of drug-likeness (QED) is 0.621. The van der Waals surface area contributed by atoms with Crippen molar-refractivity contribution in [3.8, 4) is 0 Å². The van der Waals surface area contributed by atoms with Gasteiger partial charge in [-0.3, -0.25) is 4.79 Å². The zero-order chi connectivity index (χ0) is 12.9. The molecule has 0 aliphatic carbocycles. The molecule has 0 spiro atoms. The average molecular weight is 279 g/mol. The van der Waals surface area contributed by atoms with Crippen molar-refractivity contribution in [1.29, 1.82) is 0 Å². The molecule has 1 heterocycles. The lowest BCUT2D eigenvalue weighted by molar-refractivity contribution is -0.129. The highest BCUT2D eigenvalue weighted by Gasteiger charge is 2.18. The molecule has 0 bridgehead atoms. The summed E-state index contributed by atoms with van der Waals surface area (Å²) in [5.41, 5.74) is 5.15. The summed E-state index contributed by atoms with van der Waals surface area (Å²) in [6, 6.07) is 0. The van der Waals surface area contributed by atoms with E-state index < -0.39 is 10.0 Å². The van der Waals surface area contributed by atoms with Crippen LogP contribution in [0.5, 0.6) is 0 Å². The third kappa shape index (κ3) is 5.42. The highest BCUT2D eigenvalue weighted by Crippen LogP contribution is 2.08. The first-order valence-corrected chi connectivity index (χ1v) is 7.50. The second kappa shape index (κ2) is 6.27. The number of carbonyl (C=O) groups excluding carboxylic acids is 1. The standard InChI is InChI=1S/C9H17N3O3S2/c10-8(16)7-17(14,15)11-4-3-9(13)12-5-1-2-6-12/h11H,1-7H2,(H2,10,16). The Morgan fingerprint density at radius 1 is 1.35 bits per heavy atom. The summed E-state index contributed by atoms with van der Waals surface area (Å²) in [5, 5.41) is 0. The van der Waals surface area contributed by atoms with E-state index in [9.17, 15) is 13.2 Å². The minimum absolute atomic E-state index is 0.0134. The number of sulfonamides is 1. The average Bonchev–Trinajstić information content (AvgIpc) is 2.67. The molecule has 0 unspecified atom stereocenters. The van der Waals surface area contributed by atoms with Crippen molar-refractivity contribution < 1.29 is 13.2 Å². The van der Waals surface area contributed by atoms with Crippen LogP contribution in [-0.4, -0.2) is 49.6 Å². The van der Waals surface area contributed by atoms with E-state index >= 15 is 0 Å². The zero-order valence-corrected chi connectivity index (χ0v) is 11.1. The van der Waals surface area contributed by atoms with E-state index in [1.165, 1.54) is 0 Å². The Bertz CT molecular complexity index is 388. The van der Waals surface area contributed by atoms with Crippen LogP contribution in [0.4, 0.5) is 0 Å². The smallest absolute Gasteiger partial charge is 0.223 e. The summed E-state index contributed by atoms with van der Waals surface area (Å²) < 4.78 is 25.0. The van der Waals surface area contributed by atoms with Crippen molar-refractivity contribution in [2.24, 2.45) is 5.73 Å². The van der Waals surface area contributed by atoms with E-state index in [-0.39, 0.29) is 29.6 Å². The molecular weight excluding hydrogens is 262 g/mol. The van der Waals surface area contributed by atoms with Crippen LogP contribution in [0.1, 0.15) is 19.3 Å². The lowest BCUT2D eigenvalue weighted by Gasteiger charge is -2.15. The van der Waals surface area contributed by atoms with Gasteiger partial charge in [-0.25, -0.2) is 13.1 Å². The molecule has 8 heteroatoms. The van der Waals surface area contributed by atoms with E-state index in [4.69, 9.17) is 5.73 Å². The van der Waals surface area contributed by atoms with Crippen LogP contribution in [0.25, 0.3) is 0 Å². The topological polar surface area (TPSA) is 92.5 Å². The molecule has 1 saturated heterocycles. The van der Waals surface area contributed by atoms with Gasteiger partial charge in [-0.2, -0.15) is 0 Å². The molecule has 1 amide bonds. The van der Waals surface area contributed by atoms with Crippen molar-refractivity contribution in [2.45, 2.75) is 19.3 Å². The Balaban J connectivity index is 2.27. The lowest BCUT2D eigenvalue weighted by atomic mass is 10.4. The van der Waals surface area contributed by atoms with Gasteiger partial charge in [-0.1, -0.05) is 12.2 Å². The first-order chi connectivity index (χ1) is 7.91. The van der Waals surface area contributed by atoms with Gasteiger partial charge in [0.15, 0.2) is 0 Å². The molecule has 17 heavy (non-hydrogen) atoms. The highest BCUT2D eigenvalue weighted by atomic mass is 32.2. The van der Waals surface area contributed by atoms with E-state index in [0.717, 1.165) is 25.9 Å². The van der Waals surface area contributed by atoms with Crippen molar-refractivity contribution in [3.05, 3.63) is 0 Å². The summed E-state index contributed by atoms with van der Waals surface area (Å²) >= 11 is 4.52. The molecular formula is C9H17N3O3S2. The van der Waals surface area contributed by atoms with Crippen LogP contribution in [-0.2, 0) is 14.8 Å². The number of likely N-dealkylation sites (tertiary alicyclic amines) is 1. The largest absolute Gasteiger partial charge is 0.392 e. The maximum absolute atomic E-state index is 11.6. The van der Waals surface area contributed by atoms with Gasteiger partial charge in [0.25, 0.3) is 0 Å². The van der Waals surface area contributed by atoms with Gasteiger partial charge in [-0.05, 0) is 12.8 Å². The number of rotatable bonds is 6. The molecule has 1 aliphatic rings. The number of nitrogens with one attached hydrogen (secondary N) is 1. The molecule has 1 rings (SSSR count). The lowest BCUT2D eigenvalue weighted by Crippen LogP contribution is -2.36. The second-order valence-electron chi connectivity index (χ2n) is 3.96. The Morgan fingerprint density at radius 2 is 1.94 bits per heavy atom. The van der Waals surface area contributed by atoms with Crippen LogP contribution in [0.15, 0.2) is 0 Å². The molecule has 1 fully saturated rings. The van der Waals surface area contributed by atoms with Gasteiger partial charge in [0, 0.05) is 26.1 Å². The predicted octanol–water partition coefficient (Wildman–Crippen LogP) is -0.796. The molecule has 0 atom stereocenters. The molecule has 6 nitrogen and oxygen atoms in total. The van der Waals surface area contributed by atoms with Crippen molar-refractivity contribution >= 4 is 33.1 Å². The monoisotopic (exact) mass is 279 g/mol. The Morgan fingerprint density at radius 3 is 2.47 bits per heavy atom. The summed E-state index contributed by atoms with van der Waals surface area (Å²) in [5.74, 6) is -0.388. The van der Waals surface area contributed by atoms with Crippen LogP contribution in [0.3, 0.4) is 0 Å². The van der Waals surface area contributed by atoms with Gasteiger partial charge in [-0.15, -0.1) is 0 Å². The summed E-state index contributed by atoms with van der Waals surface area (Å²) in [7, 11) is -3.49. The molecule has 0 aromatic rings. The van der Waals surface area contributed by atoms with E-state index in [1.54, 1.807) is 4.90 Å². The molecule has 0 aromatic heterocycles. The SMILES string of the molecule is NC(=S)CS(=O)(=O)NCCC(=O)N1CCCC1. The number of nitrogens with zero attached hydrogens (tertiary/aromatic N) is 1. The van der Waals surface area contributed by atoms with Crippen LogP contribution in [0.2, 0.25) is 0 Å². The minimum atomic E-state index is -3.49. The number of hydrogen-bond donors (Lipinski definition) is 2. The van der Waals surface area contributed by atoms with E-state index in [2.05, 4.69) is 16.9 Å². The van der Waals surface area contributed by atoms with Gasteiger partial charge >= 0.3 is 0 Å². The van der Waals surface area contributed by atoms with Crippen LogP contribution < -0.4 is 10.5 Å². The fourth-order valence-electron chi connectivity index (χ4n) is 1.68. The Hall–Kier alpha value is -0.730.